The van der Waals surface area contributed by atoms with Gasteiger partial charge < -0.3 is 20.2 Å². The second-order valence-electron chi connectivity index (χ2n) is 5.41. The molecule has 24 heavy (non-hydrogen) atoms. The molecule has 5 nitrogen and oxygen atoms in total. The van der Waals surface area contributed by atoms with Crippen LogP contribution >= 0.6 is 11.3 Å². The molecular formula is C18H21N3O2S. The Morgan fingerprint density at radius 3 is 2.88 bits per heavy atom. The Kier molecular flexibility index (Phi) is 5.51. The molecule has 0 saturated carbocycles. The van der Waals surface area contributed by atoms with Crippen molar-refractivity contribution < 1.29 is 9.52 Å². The lowest BCUT2D eigenvalue weighted by Gasteiger charge is -2.14. The van der Waals surface area contributed by atoms with Gasteiger partial charge in [0.05, 0.1) is 6.26 Å². The van der Waals surface area contributed by atoms with E-state index >= 15 is 0 Å². The number of hydrogen-bond donors (Lipinski definition) is 3. The standard InChI is InChI=1S/C18H21N3O2S/c1-19-18(20-9-8-14-6-4-10-23-14)21-12-15(22)17-11-13-5-2-3-7-16(13)24-17/h2-7,10-11,15,22H,8-9,12H2,1H3,(H2,19,20,21). The summed E-state index contributed by atoms with van der Waals surface area (Å²) in [5.74, 6) is 1.60. The topological polar surface area (TPSA) is 69.8 Å². The van der Waals surface area contributed by atoms with E-state index in [2.05, 4.69) is 27.8 Å². The van der Waals surface area contributed by atoms with Crippen LogP contribution in [-0.2, 0) is 6.42 Å². The third kappa shape index (κ3) is 4.15. The first-order valence-corrected chi connectivity index (χ1v) is 8.71. The zero-order chi connectivity index (χ0) is 16.8. The van der Waals surface area contributed by atoms with Crippen LogP contribution in [0.15, 0.2) is 58.1 Å². The van der Waals surface area contributed by atoms with E-state index in [9.17, 15) is 5.11 Å². The molecule has 0 saturated heterocycles. The van der Waals surface area contributed by atoms with Crippen LogP contribution in [0.25, 0.3) is 10.1 Å². The van der Waals surface area contributed by atoms with Crippen LogP contribution in [0.2, 0.25) is 0 Å². The van der Waals surface area contributed by atoms with Crippen molar-refractivity contribution in [3.8, 4) is 0 Å². The summed E-state index contributed by atoms with van der Waals surface area (Å²) in [6, 6.07) is 14.0. The molecule has 0 bridgehead atoms. The van der Waals surface area contributed by atoms with Gasteiger partial charge in [0.25, 0.3) is 0 Å². The van der Waals surface area contributed by atoms with E-state index < -0.39 is 6.10 Å². The first-order valence-electron chi connectivity index (χ1n) is 7.89. The Labute approximate surface area is 145 Å². The van der Waals surface area contributed by atoms with E-state index in [1.165, 1.54) is 4.70 Å². The molecule has 3 rings (SSSR count). The zero-order valence-corrected chi connectivity index (χ0v) is 14.3. The Morgan fingerprint density at radius 1 is 1.25 bits per heavy atom. The lowest BCUT2D eigenvalue weighted by atomic mass is 10.2. The molecule has 0 aliphatic heterocycles. The van der Waals surface area contributed by atoms with Crippen LogP contribution in [-0.4, -0.2) is 31.2 Å². The second-order valence-corrected chi connectivity index (χ2v) is 6.53. The van der Waals surface area contributed by atoms with Crippen molar-refractivity contribution in [2.45, 2.75) is 12.5 Å². The Bertz CT molecular complexity index is 763. The van der Waals surface area contributed by atoms with E-state index in [4.69, 9.17) is 4.42 Å². The molecule has 0 aliphatic rings. The van der Waals surface area contributed by atoms with E-state index in [0.29, 0.717) is 19.0 Å². The minimum atomic E-state index is -0.564. The van der Waals surface area contributed by atoms with Gasteiger partial charge in [-0.3, -0.25) is 4.99 Å². The SMILES string of the molecule is CN=C(NCCc1ccco1)NCC(O)c1cc2ccccc2s1. The van der Waals surface area contributed by atoms with Crippen LogP contribution in [0.1, 0.15) is 16.7 Å². The lowest BCUT2D eigenvalue weighted by molar-refractivity contribution is 0.184. The molecule has 0 aliphatic carbocycles. The van der Waals surface area contributed by atoms with Crippen molar-refractivity contribution in [3.05, 3.63) is 59.4 Å². The molecule has 6 heteroatoms. The third-order valence-corrected chi connectivity index (χ3v) is 4.92. The summed E-state index contributed by atoms with van der Waals surface area (Å²) in [5.41, 5.74) is 0. The molecule has 2 aromatic heterocycles. The van der Waals surface area contributed by atoms with Gasteiger partial charge in [-0.25, -0.2) is 0 Å². The molecular weight excluding hydrogens is 322 g/mol. The minimum absolute atomic E-state index is 0.410. The van der Waals surface area contributed by atoms with Gasteiger partial charge in [0, 0.05) is 36.1 Å². The number of thiophene rings is 1. The van der Waals surface area contributed by atoms with Crippen LogP contribution < -0.4 is 10.6 Å². The molecule has 1 unspecified atom stereocenters. The fourth-order valence-electron chi connectivity index (χ4n) is 2.44. The van der Waals surface area contributed by atoms with E-state index in [1.807, 2.05) is 30.3 Å². The van der Waals surface area contributed by atoms with Crippen LogP contribution in [0, 0.1) is 0 Å². The average molecular weight is 343 g/mol. The Hall–Kier alpha value is -2.31. The van der Waals surface area contributed by atoms with Crippen molar-refractivity contribution in [2.24, 2.45) is 4.99 Å². The number of hydrogen-bond acceptors (Lipinski definition) is 4. The molecule has 0 spiro atoms. The number of rotatable bonds is 6. The van der Waals surface area contributed by atoms with Crippen molar-refractivity contribution in [2.75, 3.05) is 20.1 Å². The highest BCUT2D eigenvalue weighted by atomic mass is 32.1. The number of aliphatic hydroxyl groups is 1. The van der Waals surface area contributed by atoms with Gasteiger partial charge in [-0.05, 0) is 29.7 Å². The number of aliphatic imine (C=N–C) groups is 1. The van der Waals surface area contributed by atoms with E-state index in [0.717, 1.165) is 22.4 Å². The summed E-state index contributed by atoms with van der Waals surface area (Å²) < 4.78 is 6.48. The predicted octanol–water partition coefficient (Wildman–Crippen LogP) is 2.94. The van der Waals surface area contributed by atoms with Gasteiger partial charge in [-0.2, -0.15) is 0 Å². The van der Waals surface area contributed by atoms with Crippen molar-refractivity contribution >= 4 is 27.4 Å². The largest absolute Gasteiger partial charge is 0.469 e. The fourth-order valence-corrected chi connectivity index (χ4v) is 3.49. The lowest BCUT2D eigenvalue weighted by Crippen LogP contribution is -2.40. The molecule has 3 N–H and O–H groups in total. The smallest absolute Gasteiger partial charge is 0.191 e. The van der Waals surface area contributed by atoms with Gasteiger partial charge in [0.15, 0.2) is 5.96 Å². The van der Waals surface area contributed by atoms with Crippen molar-refractivity contribution in [1.82, 2.24) is 10.6 Å². The number of guanidine groups is 1. The Balaban J connectivity index is 1.49. The molecule has 3 aromatic rings. The highest BCUT2D eigenvalue weighted by Gasteiger charge is 2.12. The van der Waals surface area contributed by atoms with Gasteiger partial charge in [-0.15, -0.1) is 11.3 Å². The summed E-state index contributed by atoms with van der Waals surface area (Å²) in [6.07, 6.45) is 1.89. The van der Waals surface area contributed by atoms with E-state index in [-0.39, 0.29) is 0 Å². The number of aliphatic hydroxyl groups excluding tert-OH is 1. The second kappa shape index (κ2) is 7.99. The van der Waals surface area contributed by atoms with Crippen LogP contribution in [0.5, 0.6) is 0 Å². The van der Waals surface area contributed by atoms with Crippen molar-refractivity contribution in [3.63, 3.8) is 0 Å². The number of fused-ring (bicyclic) bond motifs is 1. The molecule has 1 aromatic carbocycles. The summed E-state index contributed by atoms with van der Waals surface area (Å²) in [6.45, 7) is 1.12. The molecule has 0 fully saturated rings. The monoisotopic (exact) mass is 343 g/mol. The third-order valence-electron chi connectivity index (χ3n) is 3.70. The summed E-state index contributed by atoms with van der Waals surface area (Å²) in [7, 11) is 1.72. The maximum Gasteiger partial charge on any atom is 0.191 e. The number of nitrogens with one attached hydrogen (secondary N) is 2. The Morgan fingerprint density at radius 2 is 2.12 bits per heavy atom. The fraction of sp³-hybridized carbons (Fsp3) is 0.278. The predicted molar refractivity (Wildman–Crippen MR) is 98.6 cm³/mol. The first kappa shape index (κ1) is 16.5. The molecule has 0 radical (unpaired) electrons. The number of benzene rings is 1. The summed E-state index contributed by atoms with van der Waals surface area (Å²) in [5, 5.41) is 17.9. The number of furan rings is 1. The quantitative estimate of drug-likeness (QED) is 0.475. The highest BCUT2D eigenvalue weighted by molar-refractivity contribution is 7.19. The van der Waals surface area contributed by atoms with Gasteiger partial charge in [0.2, 0.25) is 0 Å². The zero-order valence-electron chi connectivity index (χ0n) is 13.5. The maximum absolute atomic E-state index is 10.4. The molecule has 1 atom stereocenters. The molecule has 2 heterocycles. The van der Waals surface area contributed by atoms with Crippen molar-refractivity contribution in [1.29, 1.82) is 0 Å². The van der Waals surface area contributed by atoms with Gasteiger partial charge in [0.1, 0.15) is 11.9 Å². The van der Waals surface area contributed by atoms with Gasteiger partial charge >= 0.3 is 0 Å². The summed E-state index contributed by atoms with van der Waals surface area (Å²) >= 11 is 1.62. The van der Waals surface area contributed by atoms with Crippen LogP contribution in [0.3, 0.4) is 0 Å². The maximum atomic E-state index is 10.4. The van der Waals surface area contributed by atoms with Gasteiger partial charge in [-0.1, -0.05) is 18.2 Å². The first-order chi connectivity index (χ1) is 11.8. The summed E-state index contributed by atoms with van der Waals surface area (Å²) in [4.78, 5) is 5.12. The highest BCUT2D eigenvalue weighted by Crippen LogP contribution is 2.29. The van der Waals surface area contributed by atoms with E-state index in [1.54, 1.807) is 24.6 Å². The molecule has 126 valence electrons. The normalized spacial score (nSPS) is 13.2. The average Bonchev–Trinajstić information content (AvgIpc) is 3.26. The number of nitrogens with zero attached hydrogens (tertiary/aromatic N) is 1. The minimum Gasteiger partial charge on any atom is -0.469 e. The van der Waals surface area contributed by atoms with Crippen LogP contribution in [0.4, 0.5) is 0 Å². The molecule has 0 amide bonds.